The zero-order chi connectivity index (χ0) is 15.7. The summed E-state index contributed by atoms with van der Waals surface area (Å²) in [5.74, 6) is -0.243. The van der Waals surface area contributed by atoms with Crippen LogP contribution in [0.25, 0.3) is 0 Å². The van der Waals surface area contributed by atoms with Crippen molar-refractivity contribution in [3.63, 3.8) is 0 Å². The highest BCUT2D eigenvalue weighted by Crippen LogP contribution is 2.30. The number of nitrogens with two attached hydrogens (primary N) is 1. The van der Waals surface area contributed by atoms with Gasteiger partial charge in [0, 0.05) is 25.0 Å². The molecule has 1 aromatic rings. The number of amides is 2. The molecule has 0 radical (unpaired) electrons. The third-order valence-corrected chi connectivity index (χ3v) is 4.63. The van der Waals surface area contributed by atoms with E-state index in [9.17, 15) is 9.59 Å². The number of benzene rings is 1. The van der Waals surface area contributed by atoms with Crippen LogP contribution < -0.4 is 11.1 Å². The minimum Gasteiger partial charge on any atom is -0.351 e. The maximum atomic E-state index is 12.4. The fourth-order valence-electron chi connectivity index (χ4n) is 3.03. The Hall–Kier alpha value is -1.59. The van der Waals surface area contributed by atoms with Gasteiger partial charge in [0.05, 0.1) is 12.0 Å². The van der Waals surface area contributed by atoms with Crippen LogP contribution in [0.2, 0.25) is 0 Å². The molecule has 1 saturated heterocycles. The van der Waals surface area contributed by atoms with E-state index in [-0.39, 0.29) is 42.2 Å². The normalized spacial score (nSPS) is 23.1. The van der Waals surface area contributed by atoms with Crippen LogP contribution in [0.3, 0.4) is 0 Å². The zero-order valence-electron chi connectivity index (χ0n) is 13.3. The molecule has 0 bridgehead atoms. The van der Waals surface area contributed by atoms with Crippen LogP contribution in [0, 0.1) is 5.92 Å². The quantitative estimate of drug-likeness (QED) is 0.857. The second-order valence-corrected chi connectivity index (χ2v) is 6.41. The smallest absolute Gasteiger partial charge is 0.225 e. The van der Waals surface area contributed by atoms with Gasteiger partial charge in [-0.3, -0.25) is 9.59 Å². The lowest BCUT2D eigenvalue weighted by Gasteiger charge is -2.22. The van der Waals surface area contributed by atoms with Gasteiger partial charge >= 0.3 is 0 Å². The zero-order valence-corrected chi connectivity index (χ0v) is 14.1. The molecule has 1 aliphatic carbocycles. The van der Waals surface area contributed by atoms with E-state index >= 15 is 0 Å². The molecule has 3 atom stereocenters. The topological polar surface area (TPSA) is 75.4 Å². The molecule has 6 heteroatoms. The van der Waals surface area contributed by atoms with E-state index in [2.05, 4.69) is 5.32 Å². The first kappa shape index (κ1) is 17.8. The Kier molecular flexibility index (Phi) is 5.65. The van der Waals surface area contributed by atoms with Gasteiger partial charge in [-0.05, 0) is 18.4 Å². The molecule has 126 valence electrons. The van der Waals surface area contributed by atoms with Crippen LogP contribution in [0.1, 0.15) is 37.8 Å². The van der Waals surface area contributed by atoms with Crippen molar-refractivity contribution in [3.05, 3.63) is 35.9 Å². The number of rotatable bonds is 5. The maximum Gasteiger partial charge on any atom is 0.225 e. The molecule has 3 rings (SSSR count). The Morgan fingerprint density at radius 3 is 2.57 bits per heavy atom. The summed E-state index contributed by atoms with van der Waals surface area (Å²) in [5.41, 5.74) is 7.14. The van der Waals surface area contributed by atoms with E-state index in [4.69, 9.17) is 5.73 Å². The van der Waals surface area contributed by atoms with Crippen molar-refractivity contribution in [2.75, 3.05) is 6.54 Å². The van der Waals surface area contributed by atoms with Crippen molar-refractivity contribution in [1.29, 1.82) is 0 Å². The molecule has 2 aliphatic rings. The number of nitrogens with zero attached hydrogens (tertiary/aromatic N) is 1. The van der Waals surface area contributed by atoms with Crippen molar-refractivity contribution >= 4 is 24.2 Å². The third-order valence-electron chi connectivity index (χ3n) is 4.63. The summed E-state index contributed by atoms with van der Waals surface area (Å²) >= 11 is 0. The van der Waals surface area contributed by atoms with Crippen LogP contribution in [0.4, 0.5) is 0 Å². The minimum absolute atomic E-state index is 0. The average molecular weight is 338 g/mol. The Labute approximate surface area is 143 Å². The molecule has 0 aromatic heterocycles. The monoisotopic (exact) mass is 337 g/mol. The Morgan fingerprint density at radius 1 is 1.30 bits per heavy atom. The molecule has 1 heterocycles. The molecular weight excluding hydrogens is 314 g/mol. The van der Waals surface area contributed by atoms with E-state index in [1.54, 1.807) is 0 Å². The van der Waals surface area contributed by atoms with Gasteiger partial charge in [0.25, 0.3) is 0 Å². The number of hydrogen-bond donors (Lipinski definition) is 2. The van der Waals surface area contributed by atoms with Crippen molar-refractivity contribution in [2.45, 2.75) is 44.3 Å². The van der Waals surface area contributed by atoms with Gasteiger partial charge in [0.2, 0.25) is 11.8 Å². The van der Waals surface area contributed by atoms with Crippen LogP contribution in [-0.2, 0) is 9.59 Å². The van der Waals surface area contributed by atoms with Crippen molar-refractivity contribution in [2.24, 2.45) is 11.7 Å². The predicted octanol–water partition coefficient (Wildman–Crippen LogP) is 1.62. The fourth-order valence-corrected chi connectivity index (χ4v) is 3.03. The second kappa shape index (κ2) is 7.32. The minimum atomic E-state index is -0.335. The van der Waals surface area contributed by atoms with E-state index < -0.39 is 0 Å². The predicted molar refractivity (Wildman–Crippen MR) is 91.1 cm³/mol. The van der Waals surface area contributed by atoms with Crippen LogP contribution in [0.15, 0.2) is 30.3 Å². The first-order valence-corrected chi connectivity index (χ1v) is 7.96. The summed E-state index contributed by atoms with van der Waals surface area (Å²) in [6.07, 6.45) is 2.61. The number of halogens is 1. The average Bonchev–Trinajstić information content (AvgIpc) is 3.30. The summed E-state index contributed by atoms with van der Waals surface area (Å²) in [7, 11) is 0. The highest BCUT2D eigenvalue weighted by atomic mass is 35.5. The first-order chi connectivity index (χ1) is 10.6. The Morgan fingerprint density at radius 2 is 1.96 bits per heavy atom. The number of likely N-dealkylation sites (tertiary alicyclic amines) is 1. The van der Waals surface area contributed by atoms with E-state index in [1.165, 1.54) is 0 Å². The first-order valence-electron chi connectivity index (χ1n) is 7.96. The molecule has 23 heavy (non-hydrogen) atoms. The molecule has 5 nitrogen and oxygen atoms in total. The van der Waals surface area contributed by atoms with Gasteiger partial charge in [-0.2, -0.15) is 0 Å². The Balaban J connectivity index is 0.00000192. The van der Waals surface area contributed by atoms with Gasteiger partial charge in [-0.15, -0.1) is 12.4 Å². The SMILES string of the molecule is CC(C(=O)NC1CC(=O)N(C2CC2)C1)C(N)c1ccccc1.Cl. The molecule has 3 N–H and O–H groups in total. The summed E-state index contributed by atoms with van der Waals surface area (Å²) < 4.78 is 0. The standard InChI is InChI=1S/C17H23N3O2.ClH/c1-11(16(18)12-5-3-2-4-6-12)17(22)19-13-9-15(21)20(10-13)14-7-8-14;/h2-6,11,13-14,16H,7-10,18H2,1H3,(H,19,22);1H. The molecule has 1 aliphatic heterocycles. The van der Waals surface area contributed by atoms with E-state index in [0.717, 1.165) is 18.4 Å². The highest BCUT2D eigenvalue weighted by Gasteiger charge is 2.40. The van der Waals surface area contributed by atoms with Gasteiger partial charge in [-0.1, -0.05) is 37.3 Å². The molecule has 1 aromatic carbocycles. The maximum absolute atomic E-state index is 12.4. The number of nitrogens with one attached hydrogen (secondary N) is 1. The summed E-state index contributed by atoms with van der Waals surface area (Å²) in [4.78, 5) is 26.2. The lowest BCUT2D eigenvalue weighted by Crippen LogP contribution is -2.42. The van der Waals surface area contributed by atoms with Crippen LogP contribution >= 0.6 is 12.4 Å². The van der Waals surface area contributed by atoms with Gasteiger partial charge in [0.15, 0.2) is 0 Å². The van der Waals surface area contributed by atoms with E-state index in [1.807, 2.05) is 42.2 Å². The van der Waals surface area contributed by atoms with Gasteiger partial charge in [0.1, 0.15) is 0 Å². The number of hydrogen-bond acceptors (Lipinski definition) is 3. The lowest BCUT2D eigenvalue weighted by molar-refractivity contribution is -0.128. The van der Waals surface area contributed by atoms with Gasteiger partial charge in [-0.25, -0.2) is 0 Å². The fraction of sp³-hybridized carbons (Fsp3) is 0.529. The van der Waals surface area contributed by atoms with Crippen LogP contribution in [0.5, 0.6) is 0 Å². The molecule has 0 spiro atoms. The molecule has 3 unspecified atom stereocenters. The van der Waals surface area contributed by atoms with Crippen molar-refractivity contribution < 1.29 is 9.59 Å². The summed E-state index contributed by atoms with van der Waals surface area (Å²) in [5, 5.41) is 2.99. The highest BCUT2D eigenvalue weighted by molar-refractivity contribution is 5.85. The second-order valence-electron chi connectivity index (χ2n) is 6.41. The van der Waals surface area contributed by atoms with E-state index in [0.29, 0.717) is 19.0 Å². The third kappa shape index (κ3) is 4.03. The Bertz CT molecular complexity index is 562. The number of carbonyl (C=O) groups is 2. The molecule has 2 amide bonds. The van der Waals surface area contributed by atoms with Crippen LogP contribution in [-0.4, -0.2) is 35.3 Å². The lowest BCUT2D eigenvalue weighted by atomic mass is 9.94. The molecular formula is C17H24ClN3O2. The largest absolute Gasteiger partial charge is 0.351 e. The summed E-state index contributed by atoms with van der Waals surface area (Å²) in [6, 6.07) is 9.64. The molecule has 1 saturated carbocycles. The summed E-state index contributed by atoms with van der Waals surface area (Å²) in [6.45, 7) is 2.48. The number of carbonyl (C=O) groups excluding carboxylic acids is 2. The van der Waals surface area contributed by atoms with Crippen molar-refractivity contribution in [1.82, 2.24) is 10.2 Å². The van der Waals surface area contributed by atoms with Crippen molar-refractivity contribution in [3.8, 4) is 0 Å². The molecule has 2 fully saturated rings. The van der Waals surface area contributed by atoms with Gasteiger partial charge < -0.3 is 16.0 Å².